The third-order valence-corrected chi connectivity index (χ3v) is 4.53. The average Bonchev–Trinajstić information content (AvgIpc) is 2.25. The van der Waals surface area contributed by atoms with Gasteiger partial charge in [-0.1, -0.05) is 6.92 Å². The van der Waals surface area contributed by atoms with E-state index >= 15 is 0 Å². The lowest BCUT2D eigenvalue weighted by Crippen LogP contribution is -2.15. The fraction of sp³-hybridized carbons (Fsp3) is 1.00. The van der Waals surface area contributed by atoms with E-state index in [2.05, 4.69) is 0 Å². The normalized spacial score (nSPS) is 16.0. The van der Waals surface area contributed by atoms with Crippen molar-refractivity contribution >= 4 is 9.84 Å². The molecule has 0 aliphatic rings. The summed E-state index contributed by atoms with van der Waals surface area (Å²) in [5, 5.41) is 9.61. The highest BCUT2D eigenvalue weighted by atomic mass is 32.2. The summed E-state index contributed by atoms with van der Waals surface area (Å²) in [6.45, 7) is 3.60. The smallest absolute Gasteiger partial charge is 0.150 e. The summed E-state index contributed by atoms with van der Waals surface area (Å²) < 4.78 is 27.5. The highest BCUT2D eigenvalue weighted by Crippen LogP contribution is 2.09. The van der Waals surface area contributed by atoms with E-state index in [4.69, 9.17) is 4.74 Å². The Hall–Kier alpha value is -0.130. The highest BCUT2D eigenvalue weighted by molar-refractivity contribution is 7.91. The Bertz CT molecular complexity index is 261. The molecule has 0 saturated carbocycles. The third-order valence-electron chi connectivity index (χ3n) is 2.74. The number of hydrogen-bond donors (Lipinski definition) is 1. The Labute approximate surface area is 98.9 Å². The zero-order valence-corrected chi connectivity index (χ0v) is 11.3. The van der Waals surface area contributed by atoms with Crippen LogP contribution < -0.4 is 0 Å². The van der Waals surface area contributed by atoms with Crippen LogP contribution in [0.15, 0.2) is 0 Å². The van der Waals surface area contributed by atoms with Crippen molar-refractivity contribution in [3.63, 3.8) is 0 Å². The van der Waals surface area contributed by atoms with Crippen molar-refractivity contribution < 1.29 is 18.3 Å². The molecule has 0 spiro atoms. The van der Waals surface area contributed by atoms with E-state index in [0.717, 1.165) is 6.42 Å². The Morgan fingerprint density at radius 1 is 1.25 bits per heavy atom. The Balaban J connectivity index is 3.62. The fourth-order valence-electron chi connectivity index (χ4n) is 1.37. The van der Waals surface area contributed by atoms with Crippen LogP contribution in [0.2, 0.25) is 0 Å². The van der Waals surface area contributed by atoms with E-state index in [1.165, 1.54) is 0 Å². The topological polar surface area (TPSA) is 63.6 Å². The minimum atomic E-state index is -2.89. The van der Waals surface area contributed by atoms with Crippen molar-refractivity contribution in [1.82, 2.24) is 0 Å². The number of aliphatic hydroxyl groups is 1. The summed E-state index contributed by atoms with van der Waals surface area (Å²) in [6.07, 6.45) is 2.30. The molecule has 2 unspecified atom stereocenters. The molecule has 0 aromatic carbocycles. The second kappa shape index (κ2) is 8.03. The lowest BCUT2D eigenvalue weighted by atomic mass is 10.1. The van der Waals surface area contributed by atoms with Gasteiger partial charge in [-0.15, -0.1) is 0 Å². The second-order valence-electron chi connectivity index (χ2n) is 4.16. The van der Waals surface area contributed by atoms with E-state index in [0.29, 0.717) is 19.3 Å². The third kappa shape index (κ3) is 8.07. The minimum absolute atomic E-state index is 0.147. The van der Waals surface area contributed by atoms with Crippen LogP contribution in [-0.4, -0.2) is 44.3 Å². The second-order valence-corrected chi connectivity index (χ2v) is 6.63. The van der Waals surface area contributed by atoms with Crippen LogP contribution in [-0.2, 0) is 14.6 Å². The van der Waals surface area contributed by atoms with Crippen LogP contribution in [0.5, 0.6) is 0 Å². The number of hydrogen-bond acceptors (Lipinski definition) is 4. The van der Waals surface area contributed by atoms with Crippen LogP contribution in [0.3, 0.4) is 0 Å². The molecule has 0 aliphatic carbocycles. The molecule has 2 atom stereocenters. The van der Waals surface area contributed by atoms with Crippen LogP contribution in [0.1, 0.15) is 39.5 Å². The van der Waals surface area contributed by atoms with E-state index in [1.54, 1.807) is 14.0 Å². The Morgan fingerprint density at radius 2 is 1.88 bits per heavy atom. The van der Waals surface area contributed by atoms with E-state index in [-0.39, 0.29) is 17.6 Å². The molecule has 0 saturated heterocycles. The van der Waals surface area contributed by atoms with Gasteiger partial charge in [-0.2, -0.15) is 0 Å². The molecule has 0 amide bonds. The van der Waals surface area contributed by atoms with E-state index < -0.39 is 15.9 Å². The van der Waals surface area contributed by atoms with Crippen LogP contribution in [0.25, 0.3) is 0 Å². The van der Waals surface area contributed by atoms with Crippen LogP contribution in [0, 0.1) is 0 Å². The first-order valence-corrected chi connectivity index (χ1v) is 7.64. The van der Waals surface area contributed by atoms with E-state index in [1.807, 2.05) is 6.92 Å². The zero-order valence-electron chi connectivity index (χ0n) is 10.5. The number of rotatable bonds is 9. The maximum absolute atomic E-state index is 11.2. The molecule has 0 aromatic heterocycles. The molecule has 5 heteroatoms. The first-order chi connectivity index (χ1) is 7.41. The predicted molar refractivity (Wildman–Crippen MR) is 65.3 cm³/mol. The van der Waals surface area contributed by atoms with Crippen molar-refractivity contribution in [3.05, 3.63) is 0 Å². The van der Waals surface area contributed by atoms with Crippen molar-refractivity contribution in [3.8, 4) is 0 Å². The summed E-state index contributed by atoms with van der Waals surface area (Å²) in [5.74, 6) is 0.365. The Kier molecular flexibility index (Phi) is 7.97. The molecule has 0 heterocycles. The van der Waals surface area contributed by atoms with Crippen molar-refractivity contribution in [1.29, 1.82) is 0 Å². The van der Waals surface area contributed by atoms with Gasteiger partial charge in [0.25, 0.3) is 0 Å². The lowest BCUT2D eigenvalue weighted by molar-refractivity contribution is 0.0824. The summed E-state index contributed by atoms with van der Waals surface area (Å²) in [6, 6.07) is 0. The lowest BCUT2D eigenvalue weighted by Gasteiger charge is -2.13. The molecule has 0 radical (unpaired) electrons. The molecule has 0 bridgehead atoms. The van der Waals surface area contributed by atoms with Gasteiger partial charge in [0, 0.05) is 12.9 Å². The van der Waals surface area contributed by atoms with Crippen LogP contribution in [0.4, 0.5) is 0 Å². The summed E-state index contributed by atoms with van der Waals surface area (Å²) in [5.41, 5.74) is 0. The first-order valence-electron chi connectivity index (χ1n) is 5.82. The first kappa shape index (κ1) is 15.9. The van der Waals surface area contributed by atoms with Crippen LogP contribution >= 0.6 is 0 Å². The fourth-order valence-corrected chi connectivity index (χ4v) is 2.27. The summed E-state index contributed by atoms with van der Waals surface area (Å²) >= 11 is 0. The maximum Gasteiger partial charge on any atom is 0.150 e. The summed E-state index contributed by atoms with van der Waals surface area (Å²) in [4.78, 5) is 0. The van der Waals surface area contributed by atoms with Gasteiger partial charge < -0.3 is 9.84 Å². The van der Waals surface area contributed by atoms with Gasteiger partial charge in [0.1, 0.15) is 9.84 Å². The van der Waals surface area contributed by atoms with Crippen molar-refractivity contribution in [2.45, 2.75) is 51.7 Å². The van der Waals surface area contributed by atoms with Gasteiger partial charge in [-0.25, -0.2) is 8.42 Å². The molecule has 1 N–H and O–H groups in total. The predicted octanol–water partition coefficient (Wildman–Crippen LogP) is 1.38. The number of aliphatic hydroxyl groups excluding tert-OH is 1. The van der Waals surface area contributed by atoms with E-state index in [9.17, 15) is 13.5 Å². The van der Waals surface area contributed by atoms with Gasteiger partial charge in [0.15, 0.2) is 0 Å². The molecule has 4 nitrogen and oxygen atoms in total. The quantitative estimate of drug-likeness (QED) is 0.673. The van der Waals surface area contributed by atoms with Gasteiger partial charge in [-0.3, -0.25) is 0 Å². The molecule has 98 valence electrons. The maximum atomic E-state index is 11.2. The number of sulfone groups is 1. The van der Waals surface area contributed by atoms with Crippen molar-refractivity contribution in [2.75, 3.05) is 18.6 Å². The standard InChI is InChI=1S/C11H24O4S/c1-4-16(13,14)9-5-6-11(12)8-7-10(2)15-3/h10-12H,4-9H2,1-3H3. The molecule has 0 rings (SSSR count). The van der Waals surface area contributed by atoms with Gasteiger partial charge in [-0.05, 0) is 32.6 Å². The van der Waals surface area contributed by atoms with Crippen molar-refractivity contribution in [2.24, 2.45) is 0 Å². The van der Waals surface area contributed by atoms with Gasteiger partial charge in [0.2, 0.25) is 0 Å². The minimum Gasteiger partial charge on any atom is -0.393 e. The largest absolute Gasteiger partial charge is 0.393 e. The Morgan fingerprint density at radius 3 is 2.38 bits per heavy atom. The van der Waals surface area contributed by atoms with Gasteiger partial charge in [0.05, 0.1) is 18.0 Å². The molecular weight excluding hydrogens is 228 g/mol. The SMILES string of the molecule is CCS(=O)(=O)CCCC(O)CCC(C)OC. The zero-order chi connectivity index (χ0) is 12.6. The molecule has 0 aromatic rings. The number of ether oxygens (including phenoxy) is 1. The molecule has 0 aliphatic heterocycles. The molecule has 16 heavy (non-hydrogen) atoms. The highest BCUT2D eigenvalue weighted by Gasteiger charge is 2.11. The molecular formula is C11H24O4S. The number of methoxy groups -OCH3 is 1. The monoisotopic (exact) mass is 252 g/mol. The molecule has 0 fully saturated rings. The summed E-state index contributed by atoms with van der Waals surface area (Å²) in [7, 11) is -1.24. The average molecular weight is 252 g/mol. The van der Waals surface area contributed by atoms with Gasteiger partial charge >= 0.3 is 0 Å².